The fourth-order valence-electron chi connectivity index (χ4n) is 0.106. The third-order valence-corrected chi connectivity index (χ3v) is 1.49. The fourth-order valence-corrected chi connectivity index (χ4v) is 0.319. The zero-order valence-corrected chi connectivity index (χ0v) is 4.82. The van der Waals surface area contributed by atoms with Crippen LogP contribution in [0.1, 0.15) is 0 Å². The van der Waals surface area contributed by atoms with E-state index in [0.717, 1.165) is 0 Å². The third-order valence-electron chi connectivity index (χ3n) is 0.552. The van der Waals surface area contributed by atoms with Gasteiger partial charge < -0.3 is 20.0 Å². The van der Waals surface area contributed by atoms with Gasteiger partial charge in [0.15, 0.2) is 5.85 Å². The predicted molar refractivity (Wildman–Crippen MR) is 25.1 cm³/mol. The van der Waals surface area contributed by atoms with Crippen molar-refractivity contribution >= 4 is 7.60 Å². The number of rotatable bonds is 2. The Kier molecular flexibility index (Phi) is 2.59. The second kappa shape index (κ2) is 2.57. The number of aliphatic hydroxyl groups excluding tert-OH is 2. The Morgan fingerprint density at radius 1 is 1.50 bits per heavy atom. The molecule has 0 aliphatic carbocycles. The molecule has 0 radical (unpaired) electrons. The zero-order chi connectivity index (χ0) is 6.78. The molecule has 0 spiro atoms. The molecular weight excluding hydrogens is 135 g/mol. The van der Waals surface area contributed by atoms with E-state index in [9.17, 15) is 4.57 Å². The average Bonchev–Trinajstić information content (AvgIpc) is 1.62. The minimum Gasteiger partial charge on any atom is -0.393 e. The molecule has 0 fully saturated rings. The van der Waals surface area contributed by atoms with Crippen molar-refractivity contribution in [2.45, 2.75) is 5.85 Å². The molecule has 0 bridgehead atoms. The maximum atomic E-state index is 9.85. The van der Waals surface area contributed by atoms with Crippen LogP contribution in [0.2, 0.25) is 0 Å². The molecule has 0 aliphatic rings. The lowest BCUT2D eigenvalue weighted by molar-refractivity contribution is 0.127. The van der Waals surface area contributed by atoms with Crippen molar-refractivity contribution in [1.82, 2.24) is 0 Å². The molecule has 6 heteroatoms. The van der Waals surface area contributed by atoms with Crippen LogP contribution in [0.3, 0.4) is 0 Å². The summed E-state index contributed by atoms with van der Waals surface area (Å²) in [7, 11) is -4.45. The lowest BCUT2D eigenvalue weighted by Gasteiger charge is -2.06. The predicted octanol–water partition coefficient (Wildman–Crippen LogP) is -1.53. The van der Waals surface area contributed by atoms with Crippen LogP contribution in [-0.4, -0.2) is 32.5 Å². The number of hydrogen-bond acceptors (Lipinski definition) is 3. The summed E-state index contributed by atoms with van der Waals surface area (Å²) < 4.78 is 9.85. The number of hydrogen-bond donors (Lipinski definition) is 4. The molecule has 1 unspecified atom stereocenters. The monoisotopic (exact) mass is 142 g/mol. The summed E-state index contributed by atoms with van der Waals surface area (Å²) in [4.78, 5) is 16.0. The Morgan fingerprint density at radius 3 is 1.88 bits per heavy atom. The van der Waals surface area contributed by atoms with Gasteiger partial charge in [0.05, 0.1) is 6.61 Å². The van der Waals surface area contributed by atoms with E-state index in [2.05, 4.69) is 0 Å². The van der Waals surface area contributed by atoms with Gasteiger partial charge >= 0.3 is 7.60 Å². The summed E-state index contributed by atoms with van der Waals surface area (Å²) in [6.45, 7) is -0.912. The molecule has 0 rings (SSSR count). The van der Waals surface area contributed by atoms with Gasteiger partial charge in [-0.1, -0.05) is 0 Å². The molecule has 50 valence electrons. The van der Waals surface area contributed by atoms with Gasteiger partial charge in [-0.3, -0.25) is 4.57 Å². The molecule has 0 aliphatic heterocycles. The third kappa shape index (κ3) is 2.40. The molecule has 4 N–H and O–H groups in total. The van der Waals surface area contributed by atoms with E-state index in [1.807, 2.05) is 0 Å². The van der Waals surface area contributed by atoms with E-state index in [1.165, 1.54) is 0 Å². The molecule has 8 heavy (non-hydrogen) atoms. The van der Waals surface area contributed by atoms with Gasteiger partial charge in [0, 0.05) is 0 Å². The maximum Gasteiger partial charge on any atom is 0.356 e. The highest BCUT2D eigenvalue weighted by atomic mass is 31.2. The van der Waals surface area contributed by atoms with Crippen LogP contribution in [0, 0.1) is 0 Å². The minimum atomic E-state index is -4.45. The van der Waals surface area contributed by atoms with E-state index in [-0.39, 0.29) is 0 Å². The van der Waals surface area contributed by atoms with Crippen LogP contribution in [0.4, 0.5) is 0 Å². The summed E-state index contributed by atoms with van der Waals surface area (Å²) in [5.41, 5.74) is 0. The van der Waals surface area contributed by atoms with Crippen molar-refractivity contribution in [3.05, 3.63) is 0 Å². The highest BCUT2D eigenvalue weighted by Crippen LogP contribution is 2.38. The first-order valence-electron chi connectivity index (χ1n) is 1.82. The molecule has 1 atom stereocenters. The first-order valence-corrected chi connectivity index (χ1v) is 3.50. The summed E-state index contributed by atoms with van der Waals surface area (Å²) in [5.74, 6) is -1.93. The number of aliphatic hydroxyl groups is 2. The molecular formula is C2H7O5P. The smallest absolute Gasteiger partial charge is 0.356 e. The van der Waals surface area contributed by atoms with Gasteiger partial charge in [0.1, 0.15) is 0 Å². The van der Waals surface area contributed by atoms with Crippen molar-refractivity contribution in [1.29, 1.82) is 0 Å². The van der Waals surface area contributed by atoms with Crippen LogP contribution in [0.25, 0.3) is 0 Å². The van der Waals surface area contributed by atoms with E-state index < -0.39 is 20.0 Å². The van der Waals surface area contributed by atoms with Gasteiger partial charge in [0.2, 0.25) is 0 Å². The van der Waals surface area contributed by atoms with Crippen molar-refractivity contribution in [3.8, 4) is 0 Å². The Bertz CT molecular complexity index is 105. The molecule has 0 aromatic heterocycles. The van der Waals surface area contributed by atoms with Gasteiger partial charge in [-0.05, 0) is 0 Å². The van der Waals surface area contributed by atoms with Crippen molar-refractivity contribution in [3.63, 3.8) is 0 Å². The SMILES string of the molecule is O=P(O)(O)C(O)CO. The lowest BCUT2D eigenvalue weighted by atomic mass is 10.8. The summed E-state index contributed by atoms with van der Waals surface area (Å²) in [6, 6.07) is 0. The first kappa shape index (κ1) is 8.07. The standard InChI is InChI=1S/C2H7O5P/c3-1-2(4)8(5,6)7/h2-4H,1H2,(H2,5,6,7). The molecule has 0 saturated heterocycles. The molecule has 0 saturated carbocycles. The van der Waals surface area contributed by atoms with Gasteiger partial charge in [0.25, 0.3) is 0 Å². The Hall–Kier alpha value is 0.0700. The van der Waals surface area contributed by atoms with Gasteiger partial charge in [-0.2, -0.15) is 0 Å². The van der Waals surface area contributed by atoms with Crippen LogP contribution in [-0.2, 0) is 4.57 Å². The molecule has 0 heterocycles. The Labute approximate surface area is 45.7 Å². The quantitative estimate of drug-likeness (QED) is 0.351. The van der Waals surface area contributed by atoms with Gasteiger partial charge in [-0.15, -0.1) is 0 Å². The van der Waals surface area contributed by atoms with Crippen LogP contribution in [0.15, 0.2) is 0 Å². The van der Waals surface area contributed by atoms with E-state index >= 15 is 0 Å². The fraction of sp³-hybridized carbons (Fsp3) is 1.00. The highest BCUT2D eigenvalue weighted by molar-refractivity contribution is 7.52. The average molecular weight is 142 g/mol. The Morgan fingerprint density at radius 2 is 1.88 bits per heavy atom. The summed E-state index contributed by atoms with van der Waals surface area (Å²) in [6.07, 6.45) is 0. The molecule has 0 aromatic rings. The van der Waals surface area contributed by atoms with Crippen molar-refractivity contribution in [2.24, 2.45) is 0 Å². The maximum absolute atomic E-state index is 9.85. The van der Waals surface area contributed by atoms with Crippen LogP contribution < -0.4 is 0 Å². The van der Waals surface area contributed by atoms with Crippen molar-refractivity contribution in [2.75, 3.05) is 6.61 Å². The summed E-state index contributed by atoms with van der Waals surface area (Å²) in [5, 5.41) is 16.1. The van der Waals surface area contributed by atoms with Crippen LogP contribution >= 0.6 is 7.60 Å². The van der Waals surface area contributed by atoms with E-state index in [1.54, 1.807) is 0 Å². The lowest BCUT2D eigenvalue weighted by Crippen LogP contribution is -2.11. The minimum absolute atomic E-state index is 0.912. The molecule has 0 amide bonds. The van der Waals surface area contributed by atoms with Crippen LogP contribution in [0.5, 0.6) is 0 Å². The van der Waals surface area contributed by atoms with Gasteiger partial charge in [-0.25, -0.2) is 0 Å². The molecule has 0 aromatic carbocycles. The zero-order valence-electron chi connectivity index (χ0n) is 3.93. The van der Waals surface area contributed by atoms with Crippen molar-refractivity contribution < 1.29 is 24.6 Å². The van der Waals surface area contributed by atoms with E-state index in [4.69, 9.17) is 20.0 Å². The summed E-state index contributed by atoms with van der Waals surface area (Å²) >= 11 is 0. The van der Waals surface area contributed by atoms with E-state index in [0.29, 0.717) is 0 Å². The topological polar surface area (TPSA) is 98.0 Å². The Balaban J connectivity index is 3.82. The largest absolute Gasteiger partial charge is 0.393 e. The molecule has 5 nitrogen and oxygen atoms in total. The second-order valence-electron chi connectivity index (χ2n) is 1.25. The normalized spacial score (nSPS) is 16.0. The first-order chi connectivity index (χ1) is 3.48. The highest BCUT2D eigenvalue weighted by Gasteiger charge is 2.24. The second-order valence-corrected chi connectivity index (χ2v) is 3.03.